The Kier molecular flexibility index (Phi) is 6.52. The lowest BCUT2D eigenvalue weighted by molar-refractivity contribution is -0.139. The van der Waals surface area contributed by atoms with E-state index in [1.54, 1.807) is 24.3 Å². The van der Waals surface area contributed by atoms with Crippen LogP contribution in [0, 0.1) is 0 Å². The second-order valence-electron chi connectivity index (χ2n) is 6.09. The SMILES string of the molecule is COc1ccc(S(=O)(=O)N2CCO[C@@H]2CNC(=O)C(=O)NCc2ccco2)cc1. The Morgan fingerprint density at radius 2 is 1.90 bits per heavy atom. The van der Waals surface area contributed by atoms with Gasteiger partial charge in [-0.3, -0.25) is 9.59 Å². The van der Waals surface area contributed by atoms with Crippen LogP contribution < -0.4 is 15.4 Å². The Bertz CT molecular complexity index is 942. The Labute approximate surface area is 167 Å². The molecule has 0 spiro atoms. The number of hydrogen-bond acceptors (Lipinski definition) is 7. The fourth-order valence-electron chi connectivity index (χ4n) is 2.75. The molecule has 1 aliphatic heterocycles. The molecule has 1 aromatic carbocycles. The first kappa shape index (κ1) is 20.8. The predicted octanol–water partition coefficient (Wildman–Crippen LogP) is 0.0678. The Morgan fingerprint density at radius 1 is 1.17 bits per heavy atom. The zero-order chi connectivity index (χ0) is 20.9. The molecule has 2 amide bonds. The van der Waals surface area contributed by atoms with E-state index in [2.05, 4.69) is 10.6 Å². The van der Waals surface area contributed by atoms with Crippen LogP contribution >= 0.6 is 0 Å². The summed E-state index contributed by atoms with van der Waals surface area (Å²) < 4.78 is 42.4. The van der Waals surface area contributed by atoms with Crippen molar-refractivity contribution in [3.63, 3.8) is 0 Å². The van der Waals surface area contributed by atoms with Crippen LogP contribution in [0.3, 0.4) is 0 Å². The predicted molar refractivity (Wildman–Crippen MR) is 100 cm³/mol. The van der Waals surface area contributed by atoms with E-state index in [0.29, 0.717) is 11.5 Å². The van der Waals surface area contributed by atoms with Crippen LogP contribution in [-0.2, 0) is 30.9 Å². The van der Waals surface area contributed by atoms with Gasteiger partial charge in [-0.2, -0.15) is 4.31 Å². The first-order chi connectivity index (χ1) is 13.9. The van der Waals surface area contributed by atoms with Crippen molar-refractivity contribution >= 4 is 21.8 Å². The van der Waals surface area contributed by atoms with Gasteiger partial charge >= 0.3 is 11.8 Å². The summed E-state index contributed by atoms with van der Waals surface area (Å²) >= 11 is 0. The maximum Gasteiger partial charge on any atom is 0.309 e. The Balaban J connectivity index is 1.57. The fraction of sp³-hybridized carbons (Fsp3) is 0.333. The molecule has 2 heterocycles. The molecule has 156 valence electrons. The lowest BCUT2D eigenvalue weighted by atomic mass is 10.3. The average Bonchev–Trinajstić information content (AvgIpc) is 3.42. The van der Waals surface area contributed by atoms with Crippen molar-refractivity contribution in [1.82, 2.24) is 14.9 Å². The van der Waals surface area contributed by atoms with Gasteiger partial charge in [0, 0.05) is 6.54 Å². The molecule has 1 aromatic heterocycles. The number of hydrogen-bond donors (Lipinski definition) is 2. The summed E-state index contributed by atoms with van der Waals surface area (Å²) in [6.07, 6.45) is 0.542. The molecule has 0 bridgehead atoms. The van der Waals surface area contributed by atoms with Gasteiger partial charge in [0.15, 0.2) is 0 Å². The van der Waals surface area contributed by atoms with Gasteiger partial charge in [-0.25, -0.2) is 8.42 Å². The van der Waals surface area contributed by atoms with Crippen LogP contribution in [0.25, 0.3) is 0 Å². The molecule has 0 unspecified atom stereocenters. The number of carbonyl (C=O) groups excluding carboxylic acids is 2. The molecule has 1 atom stereocenters. The minimum Gasteiger partial charge on any atom is -0.497 e. The highest BCUT2D eigenvalue weighted by molar-refractivity contribution is 7.89. The topological polar surface area (TPSA) is 127 Å². The molecule has 0 aliphatic carbocycles. The van der Waals surface area contributed by atoms with Gasteiger partial charge in [-0.15, -0.1) is 0 Å². The van der Waals surface area contributed by atoms with Crippen LogP contribution in [0.2, 0.25) is 0 Å². The number of sulfonamides is 1. The van der Waals surface area contributed by atoms with Crippen molar-refractivity contribution in [3.05, 3.63) is 48.4 Å². The number of amides is 2. The van der Waals surface area contributed by atoms with E-state index in [0.717, 1.165) is 4.31 Å². The highest BCUT2D eigenvalue weighted by atomic mass is 32.2. The van der Waals surface area contributed by atoms with E-state index in [4.69, 9.17) is 13.9 Å². The molecule has 3 rings (SSSR count). The molecule has 1 saturated heterocycles. The highest BCUT2D eigenvalue weighted by Crippen LogP contribution is 2.23. The number of furan rings is 1. The van der Waals surface area contributed by atoms with Crippen molar-refractivity contribution in [3.8, 4) is 5.75 Å². The van der Waals surface area contributed by atoms with E-state index in [1.165, 1.54) is 25.5 Å². The van der Waals surface area contributed by atoms with Gasteiger partial charge in [0.2, 0.25) is 10.0 Å². The number of rotatable bonds is 7. The zero-order valence-corrected chi connectivity index (χ0v) is 16.5. The number of methoxy groups -OCH3 is 1. The van der Waals surface area contributed by atoms with Crippen LogP contribution in [0.4, 0.5) is 0 Å². The highest BCUT2D eigenvalue weighted by Gasteiger charge is 2.36. The number of nitrogens with one attached hydrogen (secondary N) is 2. The zero-order valence-electron chi connectivity index (χ0n) is 15.7. The van der Waals surface area contributed by atoms with Gasteiger partial charge in [0.1, 0.15) is 17.7 Å². The number of carbonyl (C=O) groups is 2. The van der Waals surface area contributed by atoms with Gasteiger partial charge in [-0.05, 0) is 36.4 Å². The molecule has 29 heavy (non-hydrogen) atoms. The minimum absolute atomic E-state index is 0.0666. The number of benzene rings is 1. The lowest BCUT2D eigenvalue weighted by Gasteiger charge is -2.22. The summed E-state index contributed by atoms with van der Waals surface area (Å²) in [6, 6.07) is 9.28. The van der Waals surface area contributed by atoms with Gasteiger partial charge < -0.3 is 24.5 Å². The van der Waals surface area contributed by atoms with E-state index in [-0.39, 0.29) is 31.1 Å². The van der Waals surface area contributed by atoms with E-state index in [9.17, 15) is 18.0 Å². The van der Waals surface area contributed by atoms with Crippen molar-refractivity contribution in [1.29, 1.82) is 0 Å². The summed E-state index contributed by atoms with van der Waals surface area (Å²) in [4.78, 5) is 23.9. The van der Waals surface area contributed by atoms with Crippen LogP contribution in [0.15, 0.2) is 52.0 Å². The molecular formula is C18H21N3O7S. The third-order valence-electron chi connectivity index (χ3n) is 4.26. The van der Waals surface area contributed by atoms with E-state index < -0.39 is 28.1 Å². The molecular weight excluding hydrogens is 402 g/mol. The van der Waals surface area contributed by atoms with E-state index in [1.807, 2.05) is 0 Å². The first-order valence-electron chi connectivity index (χ1n) is 8.77. The summed E-state index contributed by atoms with van der Waals surface area (Å²) in [7, 11) is -2.34. The molecule has 1 aliphatic rings. The third kappa shape index (κ3) is 4.94. The largest absolute Gasteiger partial charge is 0.497 e. The van der Waals surface area contributed by atoms with Crippen molar-refractivity contribution in [2.75, 3.05) is 26.8 Å². The van der Waals surface area contributed by atoms with Crippen molar-refractivity contribution in [2.45, 2.75) is 17.7 Å². The first-order valence-corrected chi connectivity index (χ1v) is 10.2. The van der Waals surface area contributed by atoms with Gasteiger partial charge in [0.25, 0.3) is 0 Å². The van der Waals surface area contributed by atoms with Crippen LogP contribution in [0.5, 0.6) is 5.75 Å². The summed E-state index contributed by atoms with van der Waals surface area (Å²) in [6.45, 7) is 0.222. The quantitative estimate of drug-likeness (QED) is 0.603. The van der Waals surface area contributed by atoms with Crippen molar-refractivity contribution < 1.29 is 31.9 Å². The molecule has 2 N–H and O–H groups in total. The second-order valence-corrected chi connectivity index (χ2v) is 7.98. The smallest absolute Gasteiger partial charge is 0.309 e. The third-order valence-corrected chi connectivity index (χ3v) is 6.16. The Morgan fingerprint density at radius 3 is 2.55 bits per heavy atom. The molecule has 1 fully saturated rings. The van der Waals surface area contributed by atoms with Gasteiger partial charge in [0.05, 0.1) is 38.0 Å². The molecule has 11 heteroatoms. The maximum absolute atomic E-state index is 12.9. The van der Waals surface area contributed by atoms with Crippen molar-refractivity contribution in [2.24, 2.45) is 0 Å². The summed E-state index contributed by atoms with van der Waals surface area (Å²) in [5, 5.41) is 4.80. The number of nitrogens with zero attached hydrogens (tertiary/aromatic N) is 1. The summed E-state index contributed by atoms with van der Waals surface area (Å²) in [5.41, 5.74) is 0. The summed E-state index contributed by atoms with van der Waals surface area (Å²) in [5.74, 6) is -0.717. The molecule has 2 aromatic rings. The Hall–Kier alpha value is -2.89. The maximum atomic E-state index is 12.9. The second kappa shape index (κ2) is 9.07. The minimum atomic E-state index is -3.83. The number of ether oxygens (including phenoxy) is 2. The fourth-order valence-corrected chi connectivity index (χ4v) is 4.26. The van der Waals surface area contributed by atoms with E-state index >= 15 is 0 Å². The molecule has 0 radical (unpaired) electrons. The standard InChI is InChI=1S/C18H21N3O7S/c1-26-13-4-6-15(7-5-13)29(24,25)21-8-10-28-16(21)12-20-18(23)17(22)19-11-14-3-2-9-27-14/h2-7,9,16H,8,10-12H2,1H3,(H,19,22)(H,20,23)/t16-/m1/s1. The average molecular weight is 423 g/mol. The van der Waals surface area contributed by atoms with Crippen LogP contribution in [-0.4, -0.2) is 57.6 Å². The molecule has 10 nitrogen and oxygen atoms in total. The monoisotopic (exact) mass is 423 g/mol. The normalized spacial score (nSPS) is 17.1. The molecule has 0 saturated carbocycles. The lowest BCUT2D eigenvalue weighted by Crippen LogP contribution is -2.47. The van der Waals surface area contributed by atoms with Crippen LogP contribution in [0.1, 0.15) is 5.76 Å². The van der Waals surface area contributed by atoms with Gasteiger partial charge in [-0.1, -0.05) is 0 Å².